The Morgan fingerprint density at radius 3 is 2.20 bits per heavy atom. The average molecular weight is 431 g/mol. The lowest BCUT2D eigenvalue weighted by Crippen LogP contribution is -2.54. The van der Waals surface area contributed by atoms with E-state index in [4.69, 9.17) is 16.3 Å². The number of ether oxygens (including phenoxy) is 1. The van der Waals surface area contributed by atoms with Crippen LogP contribution in [0.3, 0.4) is 0 Å². The third-order valence-electron chi connectivity index (χ3n) is 4.53. The third kappa shape index (κ3) is 7.38. The van der Waals surface area contributed by atoms with Gasteiger partial charge in [-0.1, -0.05) is 48.4 Å². The van der Waals surface area contributed by atoms with Gasteiger partial charge in [-0.15, -0.1) is 0 Å². The molecular weight excluding hydrogens is 400 g/mol. The van der Waals surface area contributed by atoms with Crippen LogP contribution in [-0.4, -0.2) is 34.9 Å². The van der Waals surface area contributed by atoms with E-state index in [9.17, 15) is 9.59 Å². The lowest BCUT2D eigenvalue weighted by atomic mass is 10.1. The third-order valence-corrected chi connectivity index (χ3v) is 4.79. The smallest absolute Gasteiger partial charge is 0.261 e. The molecule has 0 fully saturated rings. The SMILES string of the molecule is CC[C@H](C(=O)NC(C)(C)C)N(Cc1ccc(Cl)cc1)C(=O)COc1ccc(C)cc1. The highest BCUT2D eigenvalue weighted by atomic mass is 35.5. The summed E-state index contributed by atoms with van der Waals surface area (Å²) in [5.41, 5.74) is 1.62. The number of hydrogen-bond donors (Lipinski definition) is 1. The number of halogens is 1. The Labute approximate surface area is 184 Å². The highest BCUT2D eigenvalue weighted by Crippen LogP contribution is 2.17. The van der Waals surface area contributed by atoms with E-state index in [1.54, 1.807) is 17.0 Å². The Kier molecular flexibility index (Phi) is 8.30. The van der Waals surface area contributed by atoms with Crippen molar-refractivity contribution < 1.29 is 14.3 Å². The van der Waals surface area contributed by atoms with Crippen molar-refractivity contribution >= 4 is 23.4 Å². The molecule has 0 unspecified atom stereocenters. The zero-order valence-corrected chi connectivity index (χ0v) is 19.1. The van der Waals surface area contributed by atoms with E-state index in [2.05, 4.69) is 5.32 Å². The monoisotopic (exact) mass is 430 g/mol. The molecule has 0 aliphatic rings. The summed E-state index contributed by atoms with van der Waals surface area (Å²) in [5.74, 6) is 0.191. The quantitative estimate of drug-likeness (QED) is 0.657. The van der Waals surface area contributed by atoms with Crippen LogP contribution in [0.5, 0.6) is 5.75 Å². The normalized spacial score (nSPS) is 12.2. The fraction of sp³-hybridized carbons (Fsp3) is 0.417. The highest BCUT2D eigenvalue weighted by Gasteiger charge is 2.30. The standard InChI is InChI=1S/C24H31ClN2O3/c1-6-21(23(29)26-24(3,4)5)27(15-18-9-11-19(25)12-10-18)22(28)16-30-20-13-7-17(2)8-14-20/h7-14,21H,6,15-16H2,1-5H3,(H,26,29)/t21-/m1/s1. The van der Waals surface area contributed by atoms with Crippen molar-refractivity contribution in [1.29, 1.82) is 0 Å². The van der Waals surface area contributed by atoms with Gasteiger partial charge in [0, 0.05) is 17.1 Å². The van der Waals surface area contributed by atoms with Crippen LogP contribution in [0.2, 0.25) is 5.02 Å². The molecule has 0 saturated heterocycles. The highest BCUT2D eigenvalue weighted by molar-refractivity contribution is 6.30. The molecular formula is C24H31ClN2O3. The van der Waals surface area contributed by atoms with Gasteiger partial charge < -0.3 is 15.0 Å². The van der Waals surface area contributed by atoms with Gasteiger partial charge >= 0.3 is 0 Å². The summed E-state index contributed by atoms with van der Waals surface area (Å²) in [6.07, 6.45) is 0.492. The number of benzene rings is 2. The molecule has 0 radical (unpaired) electrons. The Hall–Kier alpha value is -2.53. The summed E-state index contributed by atoms with van der Waals surface area (Å²) >= 11 is 5.99. The lowest BCUT2D eigenvalue weighted by molar-refractivity contribution is -0.143. The van der Waals surface area contributed by atoms with Gasteiger partial charge in [0.25, 0.3) is 5.91 Å². The molecule has 2 aromatic carbocycles. The van der Waals surface area contributed by atoms with Gasteiger partial charge in [0.05, 0.1) is 0 Å². The zero-order valence-electron chi connectivity index (χ0n) is 18.4. The maximum atomic E-state index is 13.1. The summed E-state index contributed by atoms with van der Waals surface area (Å²) in [4.78, 5) is 27.6. The molecule has 0 bridgehead atoms. The molecule has 0 aromatic heterocycles. The molecule has 1 N–H and O–H groups in total. The van der Waals surface area contributed by atoms with E-state index < -0.39 is 11.6 Å². The Morgan fingerprint density at radius 1 is 1.07 bits per heavy atom. The summed E-state index contributed by atoms with van der Waals surface area (Å²) < 4.78 is 5.69. The molecule has 30 heavy (non-hydrogen) atoms. The fourth-order valence-electron chi connectivity index (χ4n) is 3.02. The minimum atomic E-state index is -0.603. The van der Waals surface area contributed by atoms with Crippen molar-refractivity contribution in [2.75, 3.05) is 6.61 Å². The van der Waals surface area contributed by atoms with Crippen molar-refractivity contribution in [3.8, 4) is 5.75 Å². The molecule has 5 nitrogen and oxygen atoms in total. The van der Waals surface area contributed by atoms with Gasteiger partial charge in [0.15, 0.2) is 6.61 Å². The first-order chi connectivity index (χ1) is 14.1. The van der Waals surface area contributed by atoms with Crippen LogP contribution in [-0.2, 0) is 16.1 Å². The molecule has 2 rings (SSSR count). The number of nitrogens with one attached hydrogen (secondary N) is 1. The molecule has 162 valence electrons. The largest absolute Gasteiger partial charge is 0.484 e. The second-order valence-electron chi connectivity index (χ2n) is 8.41. The predicted octanol–water partition coefficient (Wildman–Crippen LogP) is 4.75. The van der Waals surface area contributed by atoms with Crippen molar-refractivity contribution in [2.45, 2.75) is 59.2 Å². The number of carbonyl (C=O) groups excluding carboxylic acids is 2. The Balaban J connectivity index is 2.21. The van der Waals surface area contributed by atoms with Crippen LogP contribution in [0.1, 0.15) is 45.2 Å². The van der Waals surface area contributed by atoms with Crippen LogP contribution in [0.25, 0.3) is 0 Å². The molecule has 2 aromatic rings. The summed E-state index contributed by atoms with van der Waals surface area (Å²) in [6.45, 7) is 9.80. The first-order valence-electron chi connectivity index (χ1n) is 10.1. The van der Waals surface area contributed by atoms with Gasteiger partial charge in [-0.05, 0) is 63.9 Å². The van der Waals surface area contributed by atoms with Crippen LogP contribution in [0.4, 0.5) is 0 Å². The number of rotatable bonds is 8. The molecule has 6 heteroatoms. The second-order valence-corrected chi connectivity index (χ2v) is 8.85. The van der Waals surface area contributed by atoms with Gasteiger partial charge in [0.2, 0.25) is 5.91 Å². The molecule has 1 atom stereocenters. The number of hydrogen-bond acceptors (Lipinski definition) is 3. The molecule has 0 spiro atoms. The maximum absolute atomic E-state index is 13.1. The fourth-order valence-corrected chi connectivity index (χ4v) is 3.15. The molecule has 0 saturated carbocycles. The van der Waals surface area contributed by atoms with Crippen LogP contribution >= 0.6 is 11.6 Å². The summed E-state index contributed by atoms with van der Waals surface area (Å²) in [7, 11) is 0. The van der Waals surface area contributed by atoms with E-state index in [1.165, 1.54) is 0 Å². The van der Waals surface area contributed by atoms with Crippen molar-refractivity contribution in [3.05, 3.63) is 64.7 Å². The topological polar surface area (TPSA) is 58.6 Å². The van der Waals surface area contributed by atoms with E-state index in [0.29, 0.717) is 23.7 Å². The zero-order chi connectivity index (χ0) is 22.3. The predicted molar refractivity (Wildman–Crippen MR) is 121 cm³/mol. The average Bonchev–Trinajstić information content (AvgIpc) is 2.67. The van der Waals surface area contributed by atoms with Crippen molar-refractivity contribution in [1.82, 2.24) is 10.2 Å². The van der Waals surface area contributed by atoms with Gasteiger partial charge in [-0.2, -0.15) is 0 Å². The summed E-state index contributed by atoms with van der Waals surface area (Å²) in [5, 5.41) is 3.61. The van der Waals surface area contributed by atoms with Gasteiger partial charge in [-0.25, -0.2) is 0 Å². The number of aryl methyl sites for hydroxylation is 1. The first kappa shape index (κ1) is 23.7. The molecule has 0 aliphatic heterocycles. The van der Waals surface area contributed by atoms with Crippen LogP contribution < -0.4 is 10.1 Å². The van der Waals surface area contributed by atoms with Crippen LogP contribution in [0.15, 0.2) is 48.5 Å². The van der Waals surface area contributed by atoms with Crippen molar-refractivity contribution in [3.63, 3.8) is 0 Å². The Morgan fingerprint density at radius 2 is 1.67 bits per heavy atom. The van der Waals surface area contributed by atoms with Gasteiger partial charge in [0.1, 0.15) is 11.8 Å². The minimum Gasteiger partial charge on any atom is -0.484 e. The van der Waals surface area contributed by atoms with E-state index in [-0.39, 0.29) is 18.4 Å². The lowest BCUT2D eigenvalue weighted by Gasteiger charge is -2.33. The maximum Gasteiger partial charge on any atom is 0.261 e. The summed E-state index contributed by atoms with van der Waals surface area (Å²) in [6, 6.07) is 14.2. The van der Waals surface area contributed by atoms with Gasteiger partial charge in [-0.3, -0.25) is 9.59 Å². The minimum absolute atomic E-state index is 0.143. The number of nitrogens with zero attached hydrogens (tertiary/aromatic N) is 1. The number of amides is 2. The molecule has 0 heterocycles. The van der Waals surface area contributed by atoms with Crippen molar-refractivity contribution in [2.24, 2.45) is 0 Å². The van der Waals surface area contributed by atoms with Crippen LogP contribution in [0, 0.1) is 6.92 Å². The number of carbonyl (C=O) groups is 2. The second kappa shape index (κ2) is 10.5. The molecule has 2 amide bonds. The Bertz CT molecular complexity index is 842. The van der Waals surface area contributed by atoms with E-state index >= 15 is 0 Å². The molecule has 0 aliphatic carbocycles. The van der Waals surface area contributed by atoms with E-state index in [1.807, 2.05) is 71.0 Å². The first-order valence-corrected chi connectivity index (χ1v) is 10.5. The van der Waals surface area contributed by atoms with E-state index in [0.717, 1.165) is 11.1 Å².